The van der Waals surface area contributed by atoms with Crippen LogP contribution in [0.25, 0.3) is 0 Å². The van der Waals surface area contributed by atoms with Gasteiger partial charge in [-0.2, -0.15) is 10.4 Å². The Labute approximate surface area is 125 Å². The van der Waals surface area contributed by atoms with Crippen LogP contribution in [-0.2, 0) is 6.54 Å². The molecular weight excluding hydrogens is 264 g/mol. The van der Waals surface area contributed by atoms with Crippen LogP contribution in [0.4, 0.5) is 0 Å². The lowest BCUT2D eigenvalue weighted by atomic mass is 10.1. The van der Waals surface area contributed by atoms with Crippen molar-refractivity contribution in [2.45, 2.75) is 26.4 Å². The van der Waals surface area contributed by atoms with Crippen LogP contribution < -0.4 is 10.1 Å². The smallest absolute Gasteiger partial charge is 0.174 e. The van der Waals surface area contributed by atoms with Crippen molar-refractivity contribution in [3.63, 3.8) is 0 Å². The summed E-state index contributed by atoms with van der Waals surface area (Å²) in [6, 6.07) is 10.0. The van der Waals surface area contributed by atoms with Gasteiger partial charge in [0.1, 0.15) is 11.8 Å². The number of ether oxygens (including phenoxy) is 1. The zero-order valence-electron chi connectivity index (χ0n) is 12.4. The van der Waals surface area contributed by atoms with E-state index >= 15 is 0 Å². The van der Waals surface area contributed by atoms with Crippen LogP contribution in [0.5, 0.6) is 5.75 Å². The quantitative estimate of drug-likeness (QED) is 0.848. The number of hydrogen-bond acceptors (Lipinski definition) is 4. The maximum atomic E-state index is 8.47. The Morgan fingerprint density at radius 2 is 2.14 bits per heavy atom. The van der Waals surface area contributed by atoms with Gasteiger partial charge in [-0.05, 0) is 37.1 Å². The maximum Gasteiger partial charge on any atom is 0.174 e. The summed E-state index contributed by atoms with van der Waals surface area (Å²) in [6.45, 7) is 5.95. The van der Waals surface area contributed by atoms with Crippen molar-refractivity contribution >= 4 is 0 Å². The molecule has 5 heteroatoms. The third kappa shape index (κ3) is 4.62. The molecule has 0 saturated carbocycles. The van der Waals surface area contributed by atoms with Crippen LogP contribution in [0.15, 0.2) is 36.7 Å². The van der Waals surface area contributed by atoms with Crippen LogP contribution in [0, 0.1) is 18.3 Å². The molecule has 0 amide bonds. The summed E-state index contributed by atoms with van der Waals surface area (Å²) < 4.78 is 7.18. The fourth-order valence-corrected chi connectivity index (χ4v) is 2.07. The van der Waals surface area contributed by atoms with E-state index in [-0.39, 0.29) is 12.6 Å². The molecule has 0 radical (unpaired) electrons. The van der Waals surface area contributed by atoms with Gasteiger partial charge >= 0.3 is 0 Å². The molecule has 1 aromatic heterocycles. The minimum atomic E-state index is 0.0798. The van der Waals surface area contributed by atoms with E-state index in [9.17, 15) is 0 Å². The molecule has 0 aliphatic rings. The lowest BCUT2D eigenvalue weighted by molar-refractivity contribution is 0.368. The number of rotatable bonds is 7. The van der Waals surface area contributed by atoms with Crippen molar-refractivity contribution in [1.82, 2.24) is 15.1 Å². The van der Waals surface area contributed by atoms with Crippen molar-refractivity contribution in [3.8, 4) is 11.8 Å². The highest BCUT2D eigenvalue weighted by atomic mass is 16.5. The summed E-state index contributed by atoms with van der Waals surface area (Å²) in [4.78, 5) is 0. The molecular formula is C16H20N4O. The number of hydrogen-bond donors (Lipinski definition) is 1. The molecule has 1 aromatic carbocycles. The van der Waals surface area contributed by atoms with Crippen molar-refractivity contribution in [1.29, 1.82) is 5.26 Å². The van der Waals surface area contributed by atoms with Crippen LogP contribution >= 0.6 is 0 Å². The minimum Gasteiger partial charge on any atom is -0.479 e. The van der Waals surface area contributed by atoms with Gasteiger partial charge in [0, 0.05) is 18.8 Å². The van der Waals surface area contributed by atoms with Crippen molar-refractivity contribution < 1.29 is 4.74 Å². The van der Waals surface area contributed by atoms with Gasteiger partial charge in [0.05, 0.1) is 12.7 Å². The molecule has 2 aromatic rings. The standard InChI is InChI=1S/C16H20N4O/c1-13-11-19-20(12-13)9-8-18-14(2)15-3-5-16(6-4-15)21-10-7-17/h3-6,11-12,14,18H,8-10H2,1-2H3. The number of aryl methyl sites for hydroxylation is 1. The molecule has 5 nitrogen and oxygen atoms in total. The summed E-state index contributed by atoms with van der Waals surface area (Å²) in [5.74, 6) is 0.722. The van der Waals surface area contributed by atoms with Crippen molar-refractivity contribution in [2.24, 2.45) is 0 Å². The number of nitrogens with zero attached hydrogens (tertiary/aromatic N) is 3. The van der Waals surface area contributed by atoms with Crippen LogP contribution in [0.2, 0.25) is 0 Å². The Morgan fingerprint density at radius 3 is 2.76 bits per heavy atom. The molecule has 0 aliphatic carbocycles. The van der Waals surface area contributed by atoms with E-state index in [1.165, 1.54) is 11.1 Å². The van der Waals surface area contributed by atoms with E-state index in [4.69, 9.17) is 10.00 Å². The van der Waals surface area contributed by atoms with E-state index in [0.29, 0.717) is 0 Å². The molecule has 0 fully saturated rings. The lowest BCUT2D eigenvalue weighted by Gasteiger charge is -2.14. The van der Waals surface area contributed by atoms with Gasteiger partial charge in [-0.1, -0.05) is 12.1 Å². The summed E-state index contributed by atoms with van der Waals surface area (Å²) in [5.41, 5.74) is 2.37. The van der Waals surface area contributed by atoms with Gasteiger partial charge in [-0.15, -0.1) is 0 Å². The molecule has 1 N–H and O–H groups in total. The minimum absolute atomic E-state index is 0.0798. The molecule has 0 bridgehead atoms. The first-order valence-electron chi connectivity index (χ1n) is 7.01. The Balaban J connectivity index is 1.80. The first-order valence-corrected chi connectivity index (χ1v) is 7.01. The summed E-state index contributed by atoms with van der Waals surface area (Å²) in [6.07, 6.45) is 3.90. The highest BCUT2D eigenvalue weighted by Crippen LogP contribution is 2.17. The van der Waals surface area contributed by atoms with Gasteiger partial charge in [-0.25, -0.2) is 0 Å². The Bertz CT molecular complexity index is 597. The fraction of sp³-hybridized carbons (Fsp3) is 0.375. The second kappa shape index (κ2) is 7.46. The van der Waals surface area contributed by atoms with Gasteiger partial charge < -0.3 is 10.1 Å². The normalized spacial score (nSPS) is 11.9. The molecule has 21 heavy (non-hydrogen) atoms. The predicted molar refractivity (Wildman–Crippen MR) is 80.9 cm³/mol. The zero-order valence-corrected chi connectivity index (χ0v) is 12.4. The molecule has 110 valence electrons. The zero-order chi connectivity index (χ0) is 15.1. The topological polar surface area (TPSA) is 62.9 Å². The Morgan fingerprint density at radius 1 is 1.38 bits per heavy atom. The summed E-state index contributed by atoms with van der Waals surface area (Å²) in [7, 11) is 0. The molecule has 1 atom stereocenters. The average Bonchev–Trinajstić information content (AvgIpc) is 2.91. The monoisotopic (exact) mass is 284 g/mol. The highest BCUT2D eigenvalue weighted by molar-refractivity contribution is 5.29. The summed E-state index contributed by atoms with van der Waals surface area (Å²) >= 11 is 0. The predicted octanol–water partition coefficient (Wildman–Crippen LogP) is 2.44. The molecule has 0 saturated heterocycles. The average molecular weight is 284 g/mol. The van der Waals surface area contributed by atoms with Gasteiger partial charge in [0.2, 0.25) is 0 Å². The molecule has 1 heterocycles. The van der Waals surface area contributed by atoms with E-state index in [1.807, 2.05) is 54.3 Å². The first-order chi connectivity index (χ1) is 10.2. The third-order valence-corrected chi connectivity index (χ3v) is 3.24. The number of nitrogens with one attached hydrogen (secondary N) is 1. The fourth-order valence-electron chi connectivity index (χ4n) is 2.07. The first kappa shape index (κ1) is 15.1. The maximum absolute atomic E-state index is 8.47. The number of benzene rings is 1. The van der Waals surface area contributed by atoms with Gasteiger partial charge in [0.25, 0.3) is 0 Å². The molecule has 0 spiro atoms. The summed E-state index contributed by atoms with van der Waals surface area (Å²) in [5, 5.41) is 16.2. The van der Waals surface area contributed by atoms with Gasteiger partial charge in [0.15, 0.2) is 6.61 Å². The van der Waals surface area contributed by atoms with Crippen molar-refractivity contribution in [3.05, 3.63) is 47.8 Å². The second-order valence-corrected chi connectivity index (χ2v) is 4.97. The largest absolute Gasteiger partial charge is 0.479 e. The molecule has 1 unspecified atom stereocenters. The van der Waals surface area contributed by atoms with E-state index < -0.39 is 0 Å². The van der Waals surface area contributed by atoms with E-state index in [0.717, 1.165) is 18.8 Å². The van der Waals surface area contributed by atoms with Crippen LogP contribution in [0.3, 0.4) is 0 Å². The highest BCUT2D eigenvalue weighted by Gasteiger charge is 2.05. The Hall–Kier alpha value is -2.32. The van der Waals surface area contributed by atoms with Gasteiger partial charge in [-0.3, -0.25) is 4.68 Å². The number of nitriles is 1. The third-order valence-electron chi connectivity index (χ3n) is 3.24. The van der Waals surface area contributed by atoms with Crippen LogP contribution in [-0.4, -0.2) is 22.9 Å². The Kier molecular flexibility index (Phi) is 5.35. The number of aromatic nitrogens is 2. The molecule has 0 aliphatic heterocycles. The lowest BCUT2D eigenvalue weighted by Crippen LogP contribution is -2.23. The van der Waals surface area contributed by atoms with E-state index in [1.54, 1.807) is 0 Å². The second-order valence-electron chi connectivity index (χ2n) is 4.97. The molecule has 2 rings (SSSR count). The SMILES string of the molecule is Cc1cnn(CCNC(C)c2ccc(OCC#N)cc2)c1. The van der Waals surface area contributed by atoms with E-state index in [2.05, 4.69) is 17.3 Å². The van der Waals surface area contributed by atoms with Crippen LogP contribution in [0.1, 0.15) is 24.1 Å². The van der Waals surface area contributed by atoms with Crippen molar-refractivity contribution in [2.75, 3.05) is 13.2 Å².